The second kappa shape index (κ2) is 5.61. The van der Waals surface area contributed by atoms with E-state index >= 15 is 0 Å². The molecule has 0 amide bonds. The number of hydrogen-bond donors (Lipinski definition) is 0. The molecule has 2 rings (SSSR count). The SMILES string of the molecule is COc1cc(C)ccc1OCC(=O)c1cccn1C. The van der Waals surface area contributed by atoms with E-state index in [9.17, 15) is 4.79 Å². The summed E-state index contributed by atoms with van der Waals surface area (Å²) in [5.74, 6) is 1.16. The van der Waals surface area contributed by atoms with Crippen molar-refractivity contribution in [1.82, 2.24) is 4.57 Å². The number of carbonyl (C=O) groups excluding carboxylic acids is 1. The highest BCUT2D eigenvalue weighted by Gasteiger charge is 2.11. The summed E-state index contributed by atoms with van der Waals surface area (Å²) >= 11 is 0. The molecule has 0 saturated heterocycles. The number of aryl methyl sites for hydroxylation is 2. The maximum atomic E-state index is 12.0. The number of carbonyl (C=O) groups is 1. The highest BCUT2D eigenvalue weighted by molar-refractivity contribution is 5.95. The van der Waals surface area contributed by atoms with Gasteiger partial charge >= 0.3 is 0 Å². The zero-order chi connectivity index (χ0) is 13.8. The van der Waals surface area contributed by atoms with E-state index in [4.69, 9.17) is 9.47 Å². The number of ketones is 1. The fourth-order valence-corrected chi connectivity index (χ4v) is 1.86. The molecule has 4 heteroatoms. The monoisotopic (exact) mass is 259 g/mol. The summed E-state index contributed by atoms with van der Waals surface area (Å²) in [5.41, 5.74) is 1.71. The van der Waals surface area contributed by atoms with Crippen molar-refractivity contribution in [2.75, 3.05) is 13.7 Å². The lowest BCUT2D eigenvalue weighted by Gasteiger charge is -2.11. The number of hydrogen-bond acceptors (Lipinski definition) is 3. The minimum absolute atomic E-state index is 0.00270. The Balaban J connectivity index is 2.07. The molecular formula is C15H17NO3. The van der Waals surface area contributed by atoms with Crippen LogP contribution in [0.1, 0.15) is 16.1 Å². The number of ether oxygens (including phenoxy) is 2. The van der Waals surface area contributed by atoms with Crippen LogP contribution < -0.4 is 9.47 Å². The van der Waals surface area contributed by atoms with E-state index in [1.807, 2.05) is 44.4 Å². The summed E-state index contributed by atoms with van der Waals surface area (Å²) in [6.45, 7) is 1.97. The number of Topliss-reactive ketones (excluding diaryl/α,β-unsaturated/α-hetero) is 1. The Morgan fingerprint density at radius 3 is 2.68 bits per heavy atom. The summed E-state index contributed by atoms with van der Waals surface area (Å²) in [6, 6.07) is 9.22. The quantitative estimate of drug-likeness (QED) is 0.775. The average Bonchev–Trinajstić information content (AvgIpc) is 2.83. The van der Waals surface area contributed by atoms with E-state index in [0.29, 0.717) is 17.2 Å². The highest BCUT2D eigenvalue weighted by Crippen LogP contribution is 2.27. The zero-order valence-corrected chi connectivity index (χ0v) is 11.3. The number of rotatable bonds is 5. The molecule has 0 unspecified atom stereocenters. The molecule has 0 aliphatic heterocycles. The van der Waals surface area contributed by atoms with E-state index in [1.165, 1.54) is 0 Å². The Kier molecular flexibility index (Phi) is 3.90. The summed E-state index contributed by atoms with van der Waals surface area (Å²) in [7, 11) is 3.42. The molecular weight excluding hydrogens is 242 g/mol. The fourth-order valence-electron chi connectivity index (χ4n) is 1.86. The molecule has 1 aromatic carbocycles. The number of aromatic nitrogens is 1. The number of methoxy groups -OCH3 is 1. The average molecular weight is 259 g/mol. The minimum Gasteiger partial charge on any atom is -0.493 e. The summed E-state index contributed by atoms with van der Waals surface area (Å²) in [4.78, 5) is 12.0. The predicted molar refractivity (Wildman–Crippen MR) is 73.0 cm³/mol. The van der Waals surface area contributed by atoms with Gasteiger partial charge < -0.3 is 14.0 Å². The molecule has 0 saturated carbocycles. The van der Waals surface area contributed by atoms with Gasteiger partial charge in [-0.05, 0) is 36.8 Å². The first kappa shape index (κ1) is 13.2. The Hall–Kier alpha value is -2.23. The molecule has 0 aliphatic carbocycles. The predicted octanol–water partition coefficient (Wildman–Crippen LogP) is 2.60. The van der Waals surface area contributed by atoms with Gasteiger partial charge in [-0.1, -0.05) is 6.07 Å². The molecule has 1 aromatic heterocycles. The van der Waals surface area contributed by atoms with Crippen LogP contribution in [-0.2, 0) is 7.05 Å². The molecule has 0 aliphatic rings. The lowest BCUT2D eigenvalue weighted by Crippen LogP contribution is -2.15. The number of nitrogens with zero attached hydrogens (tertiary/aromatic N) is 1. The van der Waals surface area contributed by atoms with E-state index in [2.05, 4.69) is 0 Å². The lowest BCUT2D eigenvalue weighted by molar-refractivity contribution is 0.0911. The van der Waals surface area contributed by atoms with E-state index in [-0.39, 0.29) is 12.4 Å². The molecule has 0 atom stereocenters. The van der Waals surface area contributed by atoms with Gasteiger partial charge in [0.1, 0.15) is 0 Å². The van der Waals surface area contributed by atoms with Crippen LogP contribution in [0.15, 0.2) is 36.5 Å². The van der Waals surface area contributed by atoms with Crippen LogP contribution in [0, 0.1) is 6.92 Å². The molecule has 4 nitrogen and oxygen atoms in total. The van der Waals surface area contributed by atoms with Crippen molar-refractivity contribution in [2.24, 2.45) is 7.05 Å². The van der Waals surface area contributed by atoms with E-state index in [0.717, 1.165) is 5.56 Å². The Labute approximate surface area is 112 Å². The molecule has 19 heavy (non-hydrogen) atoms. The minimum atomic E-state index is -0.0601. The molecule has 0 spiro atoms. The molecule has 2 aromatic rings. The van der Waals surface area contributed by atoms with Crippen LogP contribution in [0.4, 0.5) is 0 Å². The van der Waals surface area contributed by atoms with Crippen LogP contribution in [0.2, 0.25) is 0 Å². The van der Waals surface area contributed by atoms with Crippen molar-refractivity contribution in [2.45, 2.75) is 6.92 Å². The third-order valence-electron chi connectivity index (χ3n) is 2.91. The summed E-state index contributed by atoms with van der Waals surface area (Å²) < 4.78 is 12.5. The fraction of sp³-hybridized carbons (Fsp3) is 0.267. The Morgan fingerprint density at radius 2 is 2.05 bits per heavy atom. The number of benzene rings is 1. The van der Waals surface area contributed by atoms with Gasteiger partial charge in [0.25, 0.3) is 0 Å². The zero-order valence-electron chi connectivity index (χ0n) is 11.3. The van der Waals surface area contributed by atoms with Crippen molar-refractivity contribution < 1.29 is 14.3 Å². The normalized spacial score (nSPS) is 10.3. The largest absolute Gasteiger partial charge is 0.493 e. The van der Waals surface area contributed by atoms with Crippen LogP contribution in [0.25, 0.3) is 0 Å². The van der Waals surface area contributed by atoms with Gasteiger partial charge in [0.15, 0.2) is 18.1 Å². The van der Waals surface area contributed by atoms with Gasteiger partial charge in [-0.15, -0.1) is 0 Å². The van der Waals surface area contributed by atoms with Crippen LogP contribution >= 0.6 is 0 Å². The first-order valence-electron chi connectivity index (χ1n) is 6.04. The smallest absolute Gasteiger partial charge is 0.216 e. The highest BCUT2D eigenvalue weighted by atomic mass is 16.5. The van der Waals surface area contributed by atoms with Gasteiger partial charge in [-0.25, -0.2) is 0 Å². The lowest BCUT2D eigenvalue weighted by atomic mass is 10.2. The topological polar surface area (TPSA) is 40.5 Å². The van der Waals surface area contributed by atoms with Crippen LogP contribution in [-0.4, -0.2) is 24.1 Å². The Bertz CT molecular complexity index is 587. The molecule has 0 bridgehead atoms. The van der Waals surface area contributed by atoms with Gasteiger partial charge in [-0.2, -0.15) is 0 Å². The second-order valence-electron chi connectivity index (χ2n) is 4.37. The maximum absolute atomic E-state index is 12.0. The molecule has 1 heterocycles. The Morgan fingerprint density at radius 1 is 1.26 bits per heavy atom. The molecule has 0 N–H and O–H groups in total. The third-order valence-corrected chi connectivity index (χ3v) is 2.91. The van der Waals surface area contributed by atoms with Crippen molar-refractivity contribution in [3.8, 4) is 11.5 Å². The van der Waals surface area contributed by atoms with Crippen molar-refractivity contribution in [3.05, 3.63) is 47.8 Å². The van der Waals surface area contributed by atoms with Gasteiger partial charge in [-0.3, -0.25) is 4.79 Å². The van der Waals surface area contributed by atoms with Gasteiger partial charge in [0, 0.05) is 13.2 Å². The van der Waals surface area contributed by atoms with Gasteiger partial charge in [0.2, 0.25) is 5.78 Å². The van der Waals surface area contributed by atoms with E-state index in [1.54, 1.807) is 17.7 Å². The van der Waals surface area contributed by atoms with Crippen molar-refractivity contribution >= 4 is 5.78 Å². The van der Waals surface area contributed by atoms with Crippen LogP contribution in [0.3, 0.4) is 0 Å². The summed E-state index contributed by atoms with van der Waals surface area (Å²) in [5, 5.41) is 0. The standard InChI is InChI=1S/C15H17NO3/c1-11-6-7-14(15(9-11)18-3)19-10-13(17)12-5-4-8-16(12)2/h4-9H,10H2,1-3H3. The molecule has 0 fully saturated rings. The first-order valence-corrected chi connectivity index (χ1v) is 6.04. The molecule has 100 valence electrons. The second-order valence-corrected chi connectivity index (χ2v) is 4.37. The van der Waals surface area contributed by atoms with Crippen molar-refractivity contribution in [3.63, 3.8) is 0 Å². The van der Waals surface area contributed by atoms with E-state index < -0.39 is 0 Å². The van der Waals surface area contributed by atoms with Crippen molar-refractivity contribution in [1.29, 1.82) is 0 Å². The van der Waals surface area contributed by atoms with Gasteiger partial charge in [0.05, 0.1) is 12.8 Å². The molecule has 0 radical (unpaired) electrons. The third kappa shape index (κ3) is 2.96. The first-order chi connectivity index (χ1) is 9.11. The maximum Gasteiger partial charge on any atom is 0.216 e. The summed E-state index contributed by atoms with van der Waals surface area (Å²) in [6.07, 6.45) is 1.83. The van der Waals surface area contributed by atoms with Crippen LogP contribution in [0.5, 0.6) is 11.5 Å².